The molecule has 6 aromatic rings. The first kappa shape index (κ1) is 43.6. The van der Waals surface area contributed by atoms with Crippen LogP contribution in [0.25, 0.3) is 34.0 Å². The van der Waals surface area contributed by atoms with E-state index in [1.165, 1.54) is 0 Å². The van der Waals surface area contributed by atoms with E-state index in [4.69, 9.17) is 0 Å². The smallest absolute Gasteiger partial charge is 0.131 e. The molecule has 0 radical (unpaired) electrons. The number of hydrogen-bond donors (Lipinski definition) is 0. The summed E-state index contributed by atoms with van der Waals surface area (Å²) in [5.41, 5.74) is 5.09. The molecule has 6 aromatic heterocycles. The molecule has 0 atom stereocenters. The van der Waals surface area contributed by atoms with E-state index in [2.05, 4.69) is 45.9 Å². The van der Waals surface area contributed by atoms with Crippen LogP contribution >= 0.6 is 0 Å². The summed E-state index contributed by atoms with van der Waals surface area (Å²) in [5, 5.41) is 24.6. The number of ketones is 3. The topological polar surface area (TPSA) is 182 Å². The Hall–Kier alpha value is -6.12. The molecule has 15 nitrogen and oxygen atoms in total. The highest BCUT2D eigenvalue weighted by atomic mass is 16.1. The summed E-state index contributed by atoms with van der Waals surface area (Å²) < 4.78 is 5.51. The number of carbonyl (C=O) groups excluding carboxylic acids is 3. The number of carbonyl (C=O) groups is 3. The molecule has 6 heterocycles. The van der Waals surface area contributed by atoms with Crippen molar-refractivity contribution < 1.29 is 14.4 Å². The zero-order valence-corrected chi connectivity index (χ0v) is 33.4. The van der Waals surface area contributed by atoms with E-state index in [1.807, 2.05) is 81.2 Å². The maximum atomic E-state index is 10.8. The van der Waals surface area contributed by atoms with Gasteiger partial charge < -0.3 is 14.4 Å². The molecule has 0 saturated carbocycles. The van der Waals surface area contributed by atoms with Crippen LogP contribution in [-0.4, -0.2) is 77.3 Å². The number of unbranched alkanes of at least 4 members (excludes halogenated alkanes) is 6. The highest BCUT2D eigenvalue weighted by Gasteiger charge is 2.06. The highest BCUT2D eigenvalue weighted by molar-refractivity contribution is 5.76. The van der Waals surface area contributed by atoms with Gasteiger partial charge in [-0.3, -0.25) is 29.0 Å². The lowest BCUT2D eigenvalue weighted by molar-refractivity contribution is -0.117. The molecule has 300 valence electrons. The predicted molar refractivity (Wildman–Crippen MR) is 217 cm³/mol. The number of Topliss-reactive ketones (excluding diaryl/α,β-unsaturated/α-hetero) is 3. The Kier molecular flexibility index (Phi) is 19.2. The van der Waals surface area contributed by atoms with Crippen molar-refractivity contribution in [2.45, 2.75) is 117 Å². The Morgan fingerprint density at radius 2 is 0.877 bits per heavy atom. The minimum Gasteiger partial charge on any atom is -0.300 e. The lowest BCUT2D eigenvalue weighted by Crippen LogP contribution is -1.99. The average Bonchev–Trinajstić information content (AvgIpc) is 4.01. The highest BCUT2D eigenvalue weighted by Crippen LogP contribution is 2.15. The van der Waals surface area contributed by atoms with Crippen LogP contribution in [0.1, 0.15) is 97.8 Å². The molecule has 0 aliphatic heterocycles. The Morgan fingerprint density at radius 3 is 1.25 bits per heavy atom. The Balaban J connectivity index is 0.000000189. The molecule has 0 saturated heterocycles. The van der Waals surface area contributed by atoms with Crippen molar-refractivity contribution in [2.75, 3.05) is 0 Å². The molecule has 0 bridgehead atoms. The number of hydrogen-bond acceptors (Lipinski definition) is 12. The van der Waals surface area contributed by atoms with Gasteiger partial charge in [-0.1, -0.05) is 47.0 Å². The van der Waals surface area contributed by atoms with Crippen LogP contribution in [-0.2, 0) is 34.0 Å². The first-order valence-electron chi connectivity index (χ1n) is 19.7. The van der Waals surface area contributed by atoms with E-state index in [0.717, 1.165) is 111 Å². The molecule has 0 spiro atoms. The van der Waals surface area contributed by atoms with Crippen molar-refractivity contribution in [3.05, 3.63) is 91.9 Å². The quantitative estimate of drug-likeness (QED) is 0.0659. The monoisotopic (exact) mass is 774 g/mol. The van der Waals surface area contributed by atoms with Crippen LogP contribution in [0.3, 0.4) is 0 Å². The fraction of sp³-hybridized carbons (Fsp3) is 0.429. The summed E-state index contributed by atoms with van der Waals surface area (Å²) in [5.74, 6) is 0.788. The molecule has 15 heteroatoms. The van der Waals surface area contributed by atoms with Crippen LogP contribution in [0.5, 0.6) is 0 Å². The first-order valence-corrected chi connectivity index (χ1v) is 19.7. The normalized spacial score (nSPS) is 10.6. The molecule has 6 rings (SSSR count). The second kappa shape index (κ2) is 25.1. The van der Waals surface area contributed by atoms with Gasteiger partial charge in [-0.15, -0.1) is 15.3 Å². The van der Waals surface area contributed by atoms with E-state index >= 15 is 0 Å². The second-order valence-corrected chi connectivity index (χ2v) is 13.8. The Bertz CT molecular complexity index is 1800. The largest absolute Gasteiger partial charge is 0.300 e. The molecule has 0 N–H and O–H groups in total. The second-order valence-electron chi connectivity index (χ2n) is 13.8. The number of aryl methyl sites for hydroxylation is 3. The molecule has 0 aromatic carbocycles. The van der Waals surface area contributed by atoms with Gasteiger partial charge in [0.25, 0.3) is 0 Å². The number of nitrogens with zero attached hydrogens (tertiary/aromatic N) is 12. The summed E-state index contributed by atoms with van der Waals surface area (Å²) in [7, 11) is 0. The minimum atomic E-state index is 0.262. The summed E-state index contributed by atoms with van der Waals surface area (Å²) >= 11 is 0. The molecular formula is C42H54N12O3. The first-order chi connectivity index (χ1) is 27.8. The van der Waals surface area contributed by atoms with Gasteiger partial charge in [-0.25, -0.2) is 0 Å². The lowest BCUT2D eigenvalue weighted by atomic mass is 10.1. The van der Waals surface area contributed by atoms with E-state index in [1.54, 1.807) is 45.6 Å². The van der Waals surface area contributed by atoms with Gasteiger partial charge in [0.1, 0.15) is 34.4 Å². The lowest BCUT2D eigenvalue weighted by Gasteiger charge is -1.99. The molecule has 57 heavy (non-hydrogen) atoms. The number of aromatic nitrogens is 12. The fourth-order valence-electron chi connectivity index (χ4n) is 5.61. The van der Waals surface area contributed by atoms with Crippen LogP contribution in [0.4, 0.5) is 0 Å². The van der Waals surface area contributed by atoms with Crippen molar-refractivity contribution in [1.29, 1.82) is 0 Å². The number of rotatable bonds is 21. The molecule has 0 fully saturated rings. The van der Waals surface area contributed by atoms with E-state index < -0.39 is 0 Å². The van der Waals surface area contributed by atoms with Crippen molar-refractivity contribution in [2.24, 2.45) is 0 Å². The van der Waals surface area contributed by atoms with Crippen LogP contribution < -0.4 is 0 Å². The zero-order valence-electron chi connectivity index (χ0n) is 33.4. The third kappa shape index (κ3) is 17.5. The third-order valence-electron chi connectivity index (χ3n) is 8.68. The van der Waals surface area contributed by atoms with Gasteiger partial charge >= 0.3 is 0 Å². The van der Waals surface area contributed by atoms with Crippen molar-refractivity contribution >= 4 is 17.3 Å². The third-order valence-corrected chi connectivity index (χ3v) is 8.68. The van der Waals surface area contributed by atoms with Gasteiger partial charge in [0, 0.05) is 69.2 Å². The molecule has 0 amide bonds. The van der Waals surface area contributed by atoms with Gasteiger partial charge in [0.2, 0.25) is 0 Å². The Morgan fingerprint density at radius 1 is 0.456 bits per heavy atom. The summed E-state index contributed by atoms with van der Waals surface area (Å²) in [6.07, 6.45) is 23.8. The van der Waals surface area contributed by atoms with E-state index in [9.17, 15) is 14.4 Å². The maximum Gasteiger partial charge on any atom is 0.131 e. The van der Waals surface area contributed by atoms with Gasteiger partial charge in [0.15, 0.2) is 0 Å². The zero-order chi connectivity index (χ0) is 40.5. The molecule has 0 aliphatic carbocycles. The van der Waals surface area contributed by atoms with E-state index in [0.29, 0.717) is 19.3 Å². The average molecular weight is 775 g/mol. The molecule has 0 unspecified atom stereocenters. The van der Waals surface area contributed by atoms with Crippen molar-refractivity contribution in [1.82, 2.24) is 59.9 Å². The predicted octanol–water partition coefficient (Wildman–Crippen LogP) is 7.47. The van der Waals surface area contributed by atoms with Crippen LogP contribution in [0.2, 0.25) is 0 Å². The van der Waals surface area contributed by atoms with Crippen LogP contribution in [0, 0.1) is 0 Å². The fourth-order valence-corrected chi connectivity index (χ4v) is 5.61. The SMILES string of the molecule is CC(=O)CCCCCn1cc(-c2ccccn2)nn1.CC(=O)CCCCCn1cc(-c2ccccn2)nn1.CC(=O)CCCCCn1cc(-c2cccnc2)nn1. The molecule has 0 aliphatic rings. The summed E-state index contributed by atoms with van der Waals surface area (Å²) in [6.45, 7) is 7.41. The standard InChI is InChI=1S/3C14H18N4O/c2*1-12(19)7-3-2-6-10-18-11-14(16-17-18)13-8-4-5-9-15-13;1-12(19)6-3-2-4-9-18-11-14(16-17-18)13-7-5-8-15-10-13/h2*4-5,8-9,11H,2-3,6-7,10H2,1H3;5,7-8,10-11H,2-4,6,9H2,1H3. The Labute approximate surface area is 334 Å². The summed E-state index contributed by atoms with van der Waals surface area (Å²) in [4.78, 5) is 44.9. The van der Waals surface area contributed by atoms with E-state index in [-0.39, 0.29) is 17.3 Å². The maximum absolute atomic E-state index is 10.8. The summed E-state index contributed by atoms with van der Waals surface area (Å²) in [6, 6.07) is 15.3. The van der Waals surface area contributed by atoms with Gasteiger partial charge in [-0.2, -0.15) is 0 Å². The number of pyridine rings is 3. The van der Waals surface area contributed by atoms with Gasteiger partial charge in [-0.05, 0) is 95.7 Å². The minimum absolute atomic E-state index is 0.262. The molecular weight excluding hydrogens is 721 g/mol. The van der Waals surface area contributed by atoms with Crippen molar-refractivity contribution in [3.8, 4) is 34.0 Å². The van der Waals surface area contributed by atoms with Crippen molar-refractivity contribution in [3.63, 3.8) is 0 Å². The van der Waals surface area contributed by atoms with Crippen LogP contribution in [0.15, 0.2) is 91.9 Å². The van der Waals surface area contributed by atoms with Gasteiger partial charge in [0.05, 0.1) is 30.0 Å².